The molecule has 0 spiro atoms. The molecule has 2 aromatic carbocycles. The van der Waals surface area contributed by atoms with Gasteiger partial charge in [0.1, 0.15) is 5.69 Å². The zero-order valence-electron chi connectivity index (χ0n) is 22.7. The number of hydrogen-bond acceptors (Lipinski definition) is 5. The minimum atomic E-state index is -4.77. The Morgan fingerprint density at radius 1 is 1.02 bits per heavy atom. The number of nitrogens with zero attached hydrogens (tertiary/aromatic N) is 5. The third-order valence-electron chi connectivity index (χ3n) is 7.44. The van der Waals surface area contributed by atoms with Gasteiger partial charge in [-0.15, -0.1) is 0 Å². The summed E-state index contributed by atoms with van der Waals surface area (Å²) in [5, 5.41) is 3.78. The summed E-state index contributed by atoms with van der Waals surface area (Å²) in [5.74, 6) is -1.41. The first-order chi connectivity index (χ1) is 19.6. The lowest BCUT2D eigenvalue weighted by atomic mass is 10.0. The first-order valence-corrected chi connectivity index (χ1v) is 13.6. The van der Waals surface area contributed by atoms with Crippen LogP contribution < -0.4 is 15.5 Å². The molecule has 1 aromatic heterocycles. The Balaban J connectivity index is 1.46. The van der Waals surface area contributed by atoms with Gasteiger partial charge in [0, 0.05) is 35.6 Å². The molecule has 0 radical (unpaired) electrons. The van der Waals surface area contributed by atoms with E-state index in [2.05, 4.69) is 10.00 Å². The number of benzene rings is 2. The van der Waals surface area contributed by atoms with E-state index in [0.29, 0.717) is 24.5 Å². The molecule has 0 bridgehead atoms. The van der Waals surface area contributed by atoms with Crippen molar-refractivity contribution in [2.75, 3.05) is 42.5 Å². The van der Waals surface area contributed by atoms with E-state index < -0.39 is 23.7 Å². The quantitative estimate of drug-likeness (QED) is 0.442. The van der Waals surface area contributed by atoms with E-state index in [0.717, 1.165) is 37.0 Å². The van der Waals surface area contributed by atoms with Gasteiger partial charge >= 0.3 is 6.18 Å². The summed E-state index contributed by atoms with van der Waals surface area (Å²) in [7, 11) is 0. The van der Waals surface area contributed by atoms with Crippen molar-refractivity contribution in [1.29, 1.82) is 0 Å². The second-order valence-electron chi connectivity index (χ2n) is 10.3. The summed E-state index contributed by atoms with van der Waals surface area (Å²) in [6.07, 6.45) is -1.90. The number of alkyl halides is 3. The van der Waals surface area contributed by atoms with Gasteiger partial charge in [-0.05, 0) is 81.2 Å². The van der Waals surface area contributed by atoms with Crippen molar-refractivity contribution in [1.82, 2.24) is 14.7 Å². The molecule has 9 nitrogen and oxygen atoms in total. The van der Waals surface area contributed by atoms with E-state index in [4.69, 9.17) is 5.73 Å². The van der Waals surface area contributed by atoms with Gasteiger partial charge in [-0.1, -0.05) is 13.0 Å². The van der Waals surface area contributed by atoms with E-state index in [1.165, 1.54) is 29.2 Å². The molecule has 0 aliphatic carbocycles. The van der Waals surface area contributed by atoms with Gasteiger partial charge in [0.05, 0.1) is 12.2 Å². The number of aromatic nitrogens is 2. The molecule has 2 N–H and O–H groups in total. The normalized spacial score (nSPS) is 15.7. The molecule has 1 saturated heterocycles. The molecule has 0 atom stereocenters. The van der Waals surface area contributed by atoms with E-state index in [-0.39, 0.29) is 41.4 Å². The molecule has 1 fully saturated rings. The highest BCUT2D eigenvalue weighted by molar-refractivity contribution is 6.08. The number of fused-ring (bicyclic) bond motifs is 1. The van der Waals surface area contributed by atoms with E-state index in [1.807, 2.05) is 6.92 Å². The molecule has 3 amide bonds. The number of rotatable bonds is 8. The summed E-state index contributed by atoms with van der Waals surface area (Å²) in [6.45, 7) is 4.71. The topological polar surface area (TPSA) is 105 Å². The SMILES string of the molecule is CCCN(C(=O)CN1CCCC1)c1ccc(N2CCc3c(C(F)(F)F)nn(-c4cccc(C(N)=O)c4)c3C2=O)cc1. The Bertz CT molecular complexity index is 1460. The smallest absolute Gasteiger partial charge is 0.366 e. The van der Waals surface area contributed by atoms with Gasteiger partial charge in [-0.25, -0.2) is 4.68 Å². The van der Waals surface area contributed by atoms with Gasteiger partial charge in [0.15, 0.2) is 5.69 Å². The largest absolute Gasteiger partial charge is 0.435 e. The molecule has 0 unspecified atom stereocenters. The van der Waals surface area contributed by atoms with Crippen molar-refractivity contribution in [3.8, 4) is 5.69 Å². The average molecular weight is 569 g/mol. The Labute approximate surface area is 235 Å². The molecule has 3 heterocycles. The van der Waals surface area contributed by atoms with Crippen LogP contribution in [0.25, 0.3) is 5.69 Å². The van der Waals surface area contributed by atoms with E-state index >= 15 is 0 Å². The van der Waals surface area contributed by atoms with Crippen molar-refractivity contribution in [3.63, 3.8) is 0 Å². The monoisotopic (exact) mass is 568 g/mol. The number of carbonyl (C=O) groups is 3. The lowest BCUT2D eigenvalue weighted by Gasteiger charge is -2.29. The van der Waals surface area contributed by atoms with Gasteiger partial charge in [-0.3, -0.25) is 19.3 Å². The molecular formula is C29H31F3N6O3. The third-order valence-corrected chi connectivity index (χ3v) is 7.44. The molecule has 2 aliphatic rings. The first kappa shape index (κ1) is 28.3. The molecular weight excluding hydrogens is 537 g/mol. The van der Waals surface area contributed by atoms with Crippen LogP contribution in [0, 0.1) is 0 Å². The van der Waals surface area contributed by atoms with Crippen LogP contribution in [-0.2, 0) is 17.4 Å². The van der Waals surface area contributed by atoms with Crippen LogP contribution >= 0.6 is 0 Å². The summed E-state index contributed by atoms with van der Waals surface area (Å²) in [4.78, 5) is 43.8. The molecule has 2 aliphatic heterocycles. The Morgan fingerprint density at radius 3 is 2.37 bits per heavy atom. The van der Waals surface area contributed by atoms with Crippen molar-refractivity contribution in [3.05, 3.63) is 71.0 Å². The molecule has 216 valence electrons. The van der Waals surface area contributed by atoms with Crippen LogP contribution in [0.15, 0.2) is 48.5 Å². The second-order valence-corrected chi connectivity index (χ2v) is 10.3. The van der Waals surface area contributed by atoms with Crippen LogP contribution in [0.4, 0.5) is 24.5 Å². The van der Waals surface area contributed by atoms with Crippen LogP contribution in [0.5, 0.6) is 0 Å². The highest BCUT2D eigenvalue weighted by atomic mass is 19.4. The number of nitrogens with two attached hydrogens (primary N) is 1. The maximum atomic E-state index is 13.9. The molecule has 12 heteroatoms. The Morgan fingerprint density at radius 2 is 1.73 bits per heavy atom. The van der Waals surface area contributed by atoms with Crippen molar-refractivity contribution >= 4 is 29.1 Å². The van der Waals surface area contributed by atoms with Crippen LogP contribution in [0.2, 0.25) is 0 Å². The third kappa shape index (κ3) is 5.69. The van der Waals surface area contributed by atoms with Gasteiger partial charge < -0.3 is 15.5 Å². The summed E-state index contributed by atoms with van der Waals surface area (Å²) in [5.41, 5.74) is 5.18. The maximum Gasteiger partial charge on any atom is 0.435 e. The van der Waals surface area contributed by atoms with Crippen molar-refractivity contribution in [2.24, 2.45) is 5.73 Å². The van der Waals surface area contributed by atoms with Gasteiger partial charge in [0.25, 0.3) is 5.91 Å². The number of primary amides is 1. The lowest BCUT2D eigenvalue weighted by molar-refractivity contribution is -0.142. The number of carbonyl (C=O) groups excluding carboxylic acids is 3. The van der Waals surface area contributed by atoms with E-state index in [9.17, 15) is 27.6 Å². The second kappa shape index (κ2) is 11.4. The van der Waals surface area contributed by atoms with Crippen molar-refractivity contribution < 1.29 is 27.6 Å². The minimum absolute atomic E-state index is 0.00182. The van der Waals surface area contributed by atoms with Crippen molar-refractivity contribution in [2.45, 2.75) is 38.8 Å². The summed E-state index contributed by atoms with van der Waals surface area (Å²) < 4.78 is 42.7. The fourth-order valence-corrected chi connectivity index (χ4v) is 5.46. The predicted molar refractivity (Wildman–Crippen MR) is 147 cm³/mol. The average Bonchev–Trinajstić information content (AvgIpc) is 3.60. The molecule has 41 heavy (non-hydrogen) atoms. The van der Waals surface area contributed by atoms with Gasteiger partial charge in [0.2, 0.25) is 11.8 Å². The maximum absolute atomic E-state index is 13.9. The fraction of sp³-hybridized carbons (Fsp3) is 0.379. The number of anilines is 2. The molecule has 0 saturated carbocycles. The fourth-order valence-electron chi connectivity index (χ4n) is 5.46. The number of amides is 3. The first-order valence-electron chi connectivity index (χ1n) is 13.6. The summed E-state index contributed by atoms with van der Waals surface area (Å²) >= 11 is 0. The standard InChI is InChI=1S/C29H31F3N6O3/c1-2-13-36(24(39)18-35-14-3-4-15-35)20-8-10-21(11-9-20)37-16-12-23-25(28(37)41)38(34-26(23)29(30,31)32)22-7-5-6-19(17-22)27(33)40/h5-11,17H,2-4,12-16,18H2,1H3,(H2,33,40). The number of halogens is 3. The van der Waals surface area contributed by atoms with E-state index in [1.54, 1.807) is 29.2 Å². The van der Waals surface area contributed by atoms with Crippen LogP contribution in [0.3, 0.4) is 0 Å². The highest BCUT2D eigenvalue weighted by Gasteiger charge is 2.43. The van der Waals surface area contributed by atoms with Crippen LogP contribution in [-0.4, -0.2) is 65.1 Å². The number of likely N-dealkylation sites (tertiary alicyclic amines) is 1. The zero-order chi connectivity index (χ0) is 29.3. The van der Waals surface area contributed by atoms with Crippen LogP contribution in [0.1, 0.15) is 58.3 Å². The predicted octanol–water partition coefficient (Wildman–Crippen LogP) is 4.03. The molecule has 5 rings (SSSR count). The van der Waals surface area contributed by atoms with Gasteiger partial charge in [-0.2, -0.15) is 18.3 Å². The minimum Gasteiger partial charge on any atom is -0.366 e. The number of hydrogen-bond donors (Lipinski definition) is 1. The molecule has 3 aromatic rings. The zero-order valence-corrected chi connectivity index (χ0v) is 22.7. The Kier molecular flexibility index (Phi) is 7.85. The highest BCUT2D eigenvalue weighted by Crippen LogP contribution is 2.37. The lowest BCUT2D eigenvalue weighted by Crippen LogP contribution is -2.40. The Hall–Kier alpha value is -4.19. The summed E-state index contributed by atoms with van der Waals surface area (Å²) in [6, 6.07) is 12.6.